The smallest absolute Gasteiger partial charge is 0.261 e. The number of nitrogens with one attached hydrogen (secondary N) is 1. The van der Waals surface area contributed by atoms with Crippen molar-refractivity contribution >= 4 is 11.7 Å². The Morgan fingerprint density at radius 2 is 2.17 bits per heavy atom. The molecule has 1 aromatic heterocycles. The summed E-state index contributed by atoms with van der Waals surface area (Å²) in [6.45, 7) is 0.666. The average molecular weight is 329 g/mol. The molecule has 2 aromatic rings. The molecule has 5 nitrogen and oxygen atoms in total. The summed E-state index contributed by atoms with van der Waals surface area (Å²) in [5.41, 5.74) is 1.07. The van der Waals surface area contributed by atoms with Gasteiger partial charge in [-0.2, -0.15) is 0 Å². The number of rotatable bonds is 5. The van der Waals surface area contributed by atoms with Crippen LogP contribution in [0.4, 0.5) is 10.2 Å². The van der Waals surface area contributed by atoms with Crippen LogP contribution in [0.25, 0.3) is 0 Å². The first-order chi connectivity index (χ1) is 11.7. The monoisotopic (exact) mass is 329 g/mol. The van der Waals surface area contributed by atoms with Crippen LogP contribution >= 0.6 is 0 Å². The summed E-state index contributed by atoms with van der Waals surface area (Å²) in [5.74, 6) is 0.882. The lowest BCUT2D eigenvalue weighted by atomic mass is 10.1. The number of anilines is 1. The van der Waals surface area contributed by atoms with Gasteiger partial charge in [0.15, 0.2) is 6.61 Å². The number of ether oxygens (including phenoxy) is 1. The molecule has 1 atom stereocenters. The van der Waals surface area contributed by atoms with Gasteiger partial charge in [0.05, 0.1) is 6.04 Å². The number of aromatic nitrogens is 1. The van der Waals surface area contributed by atoms with Gasteiger partial charge in [-0.15, -0.1) is 0 Å². The SMILES string of the molecule is CNc1cc([C@H]2CCCN2C(=O)COc2ccc(F)cc2)ccn1. The zero-order valence-corrected chi connectivity index (χ0v) is 13.5. The standard InChI is InChI=1S/C18H20FN3O2/c1-20-17-11-13(8-9-21-17)16-3-2-10-22(16)18(23)12-24-15-6-4-14(19)5-7-15/h4-9,11,16H,2-3,10,12H2,1H3,(H,20,21)/t16-/m1/s1. The number of hydrogen-bond donors (Lipinski definition) is 1. The molecule has 0 spiro atoms. The van der Waals surface area contributed by atoms with Crippen molar-refractivity contribution < 1.29 is 13.9 Å². The Hall–Kier alpha value is -2.63. The second-order valence-electron chi connectivity index (χ2n) is 5.71. The van der Waals surface area contributed by atoms with Crippen molar-refractivity contribution in [3.63, 3.8) is 0 Å². The Morgan fingerprint density at radius 1 is 1.38 bits per heavy atom. The van der Waals surface area contributed by atoms with Crippen molar-refractivity contribution in [2.24, 2.45) is 0 Å². The van der Waals surface area contributed by atoms with Crippen molar-refractivity contribution in [2.75, 3.05) is 25.5 Å². The van der Waals surface area contributed by atoms with E-state index in [1.54, 1.807) is 6.20 Å². The maximum absolute atomic E-state index is 12.9. The summed E-state index contributed by atoms with van der Waals surface area (Å²) < 4.78 is 18.4. The Morgan fingerprint density at radius 3 is 2.92 bits per heavy atom. The number of carbonyl (C=O) groups excluding carboxylic acids is 1. The molecule has 6 heteroatoms. The molecule has 1 saturated heterocycles. The van der Waals surface area contributed by atoms with Crippen LogP contribution in [0.15, 0.2) is 42.6 Å². The van der Waals surface area contributed by atoms with Crippen LogP contribution in [0.5, 0.6) is 5.75 Å². The van der Waals surface area contributed by atoms with Gasteiger partial charge in [0.2, 0.25) is 0 Å². The van der Waals surface area contributed by atoms with Gasteiger partial charge in [-0.05, 0) is 54.8 Å². The minimum Gasteiger partial charge on any atom is -0.484 e. The number of pyridine rings is 1. The van der Waals surface area contributed by atoms with Crippen LogP contribution in [0, 0.1) is 5.82 Å². The lowest BCUT2D eigenvalue weighted by molar-refractivity contribution is -0.134. The van der Waals surface area contributed by atoms with Crippen molar-refractivity contribution in [1.29, 1.82) is 0 Å². The minimum absolute atomic E-state index is 0.0458. The summed E-state index contributed by atoms with van der Waals surface area (Å²) in [5, 5.41) is 3.02. The highest BCUT2D eigenvalue weighted by Gasteiger charge is 2.30. The molecule has 2 heterocycles. The molecule has 0 aliphatic carbocycles. The lowest BCUT2D eigenvalue weighted by Crippen LogP contribution is -2.34. The van der Waals surface area contributed by atoms with Crippen molar-refractivity contribution in [3.05, 3.63) is 54.0 Å². The fourth-order valence-corrected chi connectivity index (χ4v) is 2.96. The highest BCUT2D eigenvalue weighted by Crippen LogP contribution is 2.32. The van der Waals surface area contributed by atoms with E-state index in [1.165, 1.54) is 24.3 Å². The van der Waals surface area contributed by atoms with E-state index in [-0.39, 0.29) is 24.4 Å². The molecule has 0 bridgehead atoms. The Bertz CT molecular complexity index is 706. The molecule has 0 unspecified atom stereocenters. The van der Waals surface area contributed by atoms with E-state index in [0.717, 1.165) is 24.2 Å². The van der Waals surface area contributed by atoms with Crippen LogP contribution in [0.2, 0.25) is 0 Å². The quantitative estimate of drug-likeness (QED) is 0.916. The zero-order chi connectivity index (χ0) is 16.9. The molecule has 1 aromatic carbocycles. The number of likely N-dealkylation sites (tertiary alicyclic amines) is 1. The van der Waals surface area contributed by atoms with Gasteiger partial charge in [0.1, 0.15) is 17.4 Å². The number of benzene rings is 1. The fraction of sp³-hybridized carbons (Fsp3) is 0.333. The van der Waals surface area contributed by atoms with E-state index < -0.39 is 0 Å². The highest BCUT2D eigenvalue weighted by atomic mass is 19.1. The van der Waals surface area contributed by atoms with Crippen LogP contribution < -0.4 is 10.1 Å². The summed E-state index contributed by atoms with van der Waals surface area (Å²) in [6.07, 6.45) is 3.64. The second-order valence-corrected chi connectivity index (χ2v) is 5.71. The third-order valence-electron chi connectivity index (χ3n) is 4.17. The third-order valence-corrected chi connectivity index (χ3v) is 4.17. The number of carbonyl (C=O) groups is 1. The predicted molar refractivity (Wildman–Crippen MR) is 89.4 cm³/mol. The first-order valence-corrected chi connectivity index (χ1v) is 7.99. The maximum Gasteiger partial charge on any atom is 0.261 e. The number of hydrogen-bond acceptors (Lipinski definition) is 4. The number of nitrogens with zero attached hydrogens (tertiary/aromatic N) is 2. The Kier molecular flexibility index (Phi) is 4.93. The van der Waals surface area contributed by atoms with Gasteiger partial charge in [-0.25, -0.2) is 9.37 Å². The topological polar surface area (TPSA) is 54.5 Å². The maximum atomic E-state index is 12.9. The van der Waals surface area contributed by atoms with Crippen molar-refractivity contribution in [2.45, 2.75) is 18.9 Å². The predicted octanol–water partition coefficient (Wildman–Crippen LogP) is 3.00. The second kappa shape index (κ2) is 7.29. The van der Waals surface area contributed by atoms with E-state index in [9.17, 15) is 9.18 Å². The Balaban J connectivity index is 1.65. The summed E-state index contributed by atoms with van der Waals surface area (Å²) in [6, 6.07) is 9.63. The molecule has 126 valence electrons. The summed E-state index contributed by atoms with van der Waals surface area (Å²) in [7, 11) is 1.82. The molecule has 1 aliphatic heterocycles. The molecular weight excluding hydrogens is 309 g/mol. The zero-order valence-electron chi connectivity index (χ0n) is 13.5. The van der Waals surface area contributed by atoms with E-state index >= 15 is 0 Å². The lowest BCUT2D eigenvalue weighted by Gasteiger charge is -2.25. The Labute approximate surface area is 140 Å². The normalized spacial score (nSPS) is 16.9. The first kappa shape index (κ1) is 16.2. The summed E-state index contributed by atoms with van der Waals surface area (Å²) >= 11 is 0. The van der Waals surface area contributed by atoms with Crippen LogP contribution in [-0.4, -0.2) is 36.0 Å². The molecule has 3 rings (SSSR count). The van der Waals surface area contributed by atoms with E-state index in [0.29, 0.717) is 12.3 Å². The van der Waals surface area contributed by atoms with Crippen LogP contribution in [-0.2, 0) is 4.79 Å². The van der Waals surface area contributed by atoms with E-state index in [4.69, 9.17) is 4.74 Å². The molecule has 1 aliphatic rings. The molecule has 1 amide bonds. The van der Waals surface area contributed by atoms with Gasteiger partial charge in [0.25, 0.3) is 5.91 Å². The third kappa shape index (κ3) is 3.64. The van der Waals surface area contributed by atoms with Gasteiger partial charge in [-0.3, -0.25) is 4.79 Å². The van der Waals surface area contributed by atoms with Gasteiger partial charge < -0.3 is 15.0 Å². The van der Waals surface area contributed by atoms with Crippen LogP contribution in [0.1, 0.15) is 24.4 Å². The fourth-order valence-electron chi connectivity index (χ4n) is 2.96. The highest BCUT2D eigenvalue weighted by molar-refractivity contribution is 5.78. The van der Waals surface area contributed by atoms with Crippen LogP contribution in [0.3, 0.4) is 0 Å². The van der Waals surface area contributed by atoms with E-state index in [2.05, 4.69) is 10.3 Å². The molecular formula is C18H20FN3O2. The van der Waals surface area contributed by atoms with Gasteiger partial charge >= 0.3 is 0 Å². The largest absolute Gasteiger partial charge is 0.484 e. The van der Waals surface area contributed by atoms with Crippen molar-refractivity contribution in [3.8, 4) is 5.75 Å². The molecule has 1 fully saturated rings. The first-order valence-electron chi connectivity index (χ1n) is 7.99. The summed E-state index contributed by atoms with van der Waals surface area (Å²) in [4.78, 5) is 18.6. The van der Waals surface area contributed by atoms with Gasteiger partial charge in [-0.1, -0.05) is 0 Å². The number of amides is 1. The molecule has 0 radical (unpaired) electrons. The molecule has 0 saturated carbocycles. The average Bonchev–Trinajstić information content (AvgIpc) is 3.11. The van der Waals surface area contributed by atoms with Gasteiger partial charge in [0, 0.05) is 19.8 Å². The molecule has 24 heavy (non-hydrogen) atoms. The molecule has 1 N–H and O–H groups in total. The van der Waals surface area contributed by atoms with E-state index in [1.807, 2.05) is 24.1 Å². The number of halogens is 1. The minimum atomic E-state index is -0.327. The van der Waals surface area contributed by atoms with Crippen molar-refractivity contribution in [1.82, 2.24) is 9.88 Å².